The number of benzene rings is 1. The lowest BCUT2D eigenvalue weighted by Gasteiger charge is -2.35. The molecule has 104 valence electrons. The summed E-state index contributed by atoms with van der Waals surface area (Å²) in [7, 11) is 5.05. The van der Waals surface area contributed by atoms with E-state index in [0.29, 0.717) is 24.0 Å². The van der Waals surface area contributed by atoms with Crippen LogP contribution in [0.15, 0.2) is 18.2 Å². The van der Waals surface area contributed by atoms with E-state index in [9.17, 15) is 4.79 Å². The molecule has 1 aromatic rings. The van der Waals surface area contributed by atoms with Crippen LogP contribution in [0.1, 0.15) is 5.56 Å². The maximum atomic E-state index is 12.1. The van der Waals surface area contributed by atoms with Gasteiger partial charge in [-0.15, -0.1) is 0 Å². The van der Waals surface area contributed by atoms with Gasteiger partial charge in [0.2, 0.25) is 5.91 Å². The number of ether oxygens (including phenoxy) is 2. The van der Waals surface area contributed by atoms with E-state index in [0.717, 1.165) is 18.7 Å². The van der Waals surface area contributed by atoms with Crippen LogP contribution in [0.4, 0.5) is 0 Å². The summed E-state index contributed by atoms with van der Waals surface area (Å²) in [5, 5.41) is 3.16. The van der Waals surface area contributed by atoms with Crippen molar-refractivity contribution >= 4 is 5.91 Å². The number of hydrogen-bond acceptors (Lipinski definition) is 4. The predicted molar refractivity (Wildman–Crippen MR) is 72.7 cm³/mol. The van der Waals surface area contributed by atoms with Crippen molar-refractivity contribution in [3.63, 3.8) is 0 Å². The van der Waals surface area contributed by atoms with Gasteiger partial charge in [-0.3, -0.25) is 4.79 Å². The summed E-state index contributed by atoms with van der Waals surface area (Å²) in [6, 6.07) is 5.90. The zero-order valence-corrected chi connectivity index (χ0v) is 11.6. The van der Waals surface area contributed by atoms with Gasteiger partial charge in [-0.2, -0.15) is 0 Å². The van der Waals surface area contributed by atoms with Crippen LogP contribution in [0.2, 0.25) is 0 Å². The van der Waals surface area contributed by atoms with Crippen LogP contribution in [0.5, 0.6) is 11.5 Å². The first kappa shape index (κ1) is 13.7. The van der Waals surface area contributed by atoms with E-state index < -0.39 is 0 Å². The molecule has 1 saturated heterocycles. The van der Waals surface area contributed by atoms with Gasteiger partial charge in [-0.25, -0.2) is 0 Å². The first-order valence-corrected chi connectivity index (χ1v) is 6.33. The molecule has 0 radical (unpaired) electrons. The molecule has 0 unspecified atom stereocenters. The Balaban J connectivity index is 2.03. The van der Waals surface area contributed by atoms with Gasteiger partial charge in [0.1, 0.15) is 0 Å². The van der Waals surface area contributed by atoms with Gasteiger partial charge in [0, 0.05) is 20.1 Å². The van der Waals surface area contributed by atoms with Crippen LogP contribution in [-0.2, 0) is 11.2 Å². The molecule has 1 fully saturated rings. The summed E-state index contributed by atoms with van der Waals surface area (Å²) in [5.74, 6) is 1.45. The van der Waals surface area contributed by atoms with Gasteiger partial charge in [-0.05, 0) is 17.7 Å². The lowest BCUT2D eigenvalue weighted by atomic mass is 10.1. The zero-order chi connectivity index (χ0) is 13.8. The second kappa shape index (κ2) is 5.93. The quantitative estimate of drug-likeness (QED) is 0.849. The maximum absolute atomic E-state index is 12.1. The first-order chi connectivity index (χ1) is 9.15. The predicted octanol–water partition coefficient (Wildman–Crippen LogP) is 0.676. The molecule has 19 heavy (non-hydrogen) atoms. The molecule has 0 aliphatic carbocycles. The monoisotopic (exact) mass is 264 g/mol. The summed E-state index contributed by atoms with van der Waals surface area (Å²) >= 11 is 0. The van der Waals surface area contributed by atoms with E-state index in [4.69, 9.17) is 9.47 Å². The zero-order valence-electron chi connectivity index (χ0n) is 11.6. The van der Waals surface area contributed by atoms with Crippen molar-refractivity contribution in [2.75, 3.05) is 34.4 Å². The normalized spacial score (nSPS) is 14.7. The number of methoxy groups -OCH3 is 2. The fraction of sp³-hybridized carbons (Fsp3) is 0.500. The summed E-state index contributed by atoms with van der Waals surface area (Å²) in [4.78, 5) is 13.9. The summed E-state index contributed by atoms with van der Waals surface area (Å²) < 4.78 is 10.4. The molecule has 1 amide bonds. The number of hydrogen-bond donors (Lipinski definition) is 1. The van der Waals surface area contributed by atoms with Gasteiger partial charge in [0.05, 0.1) is 26.7 Å². The molecule has 0 spiro atoms. The van der Waals surface area contributed by atoms with E-state index in [1.54, 1.807) is 14.2 Å². The molecule has 1 heterocycles. The minimum absolute atomic E-state index is 0.124. The van der Waals surface area contributed by atoms with Crippen molar-refractivity contribution in [3.05, 3.63) is 23.8 Å². The van der Waals surface area contributed by atoms with Crippen LogP contribution < -0.4 is 14.8 Å². The number of nitrogens with one attached hydrogen (secondary N) is 1. The highest BCUT2D eigenvalue weighted by molar-refractivity contribution is 5.79. The Morgan fingerprint density at radius 1 is 1.32 bits per heavy atom. The molecule has 5 nitrogen and oxygen atoms in total. The summed E-state index contributed by atoms with van der Waals surface area (Å²) in [6.07, 6.45) is 0.382. The fourth-order valence-corrected chi connectivity index (χ4v) is 2.04. The molecule has 1 aromatic carbocycles. The Morgan fingerprint density at radius 2 is 2.00 bits per heavy atom. The molecule has 2 rings (SSSR count). The molecule has 0 saturated carbocycles. The van der Waals surface area contributed by atoms with E-state index in [1.165, 1.54) is 0 Å². The number of likely N-dealkylation sites (N-methyl/N-ethyl adjacent to an activating group) is 1. The Kier molecular flexibility index (Phi) is 4.27. The molecular weight excluding hydrogens is 244 g/mol. The van der Waals surface area contributed by atoms with Crippen molar-refractivity contribution in [3.8, 4) is 11.5 Å². The molecule has 5 heteroatoms. The number of carbonyl (C=O) groups is 1. The van der Waals surface area contributed by atoms with E-state index >= 15 is 0 Å². The standard InChI is InChI=1S/C14H20N2O3/c1-16(11-8-15-9-11)14(17)7-10-4-5-12(18-2)13(6-10)19-3/h4-6,11,15H,7-9H2,1-3H3. The highest BCUT2D eigenvalue weighted by atomic mass is 16.5. The topological polar surface area (TPSA) is 50.8 Å². The average Bonchev–Trinajstić information content (AvgIpc) is 2.36. The Morgan fingerprint density at radius 3 is 2.53 bits per heavy atom. The maximum Gasteiger partial charge on any atom is 0.227 e. The number of amides is 1. The van der Waals surface area contributed by atoms with Crippen LogP contribution in [0.3, 0.4) is 0 Å². The molecule has 1 aliphatic rings. The molecule has 0 atom stereocenters. The largest absolute Gasteiger partial charge is 0.493 e. The van der Waals surface area contributed by atoms with Gasteiger partial charge in [0.15, 0.2) is 11.5 Å². The smallest absolute Gasteiger partial charge is 0.227 e. The van der Waals surface area contributed by atoms with Gasteiger partial charge >= 0.3 is 0 Å². The van der Waals surface area contributed by atoms with Gasteiger partial charge in [-0.1, -0.05) is 6.07 Å². The molecule has 0 aromatic heterocycles. The van der Waals surface area contributed by atoms with Crippen LogP contribution >= 0.6 is 0 Å². The second-order valence-corrected chi connectivity index (χ2v) is 4.68. The van der Waals surface area contributed by atoms with Crippen molar-refractivity contribution in [1.29, 1.82) is 0 Å². The molecular formula is C14H20N2O3. The third kappa shape index (κ3) is 2.98. The van der Waals surface area contributed by atoms with E-state index in [-0.39, 0.29) is 5.91 Å². The minimum atomic E-state index is 0.124. The molecule has 0 bridgehead atoms. The lowest BCUT2D eigenvalue weighted by Crippen LogP contribution is -2.57. The third-order valence-electron chi connectivity index (χ3n) is 3.50. The van der Waals surface area contributed by atoms with Crippen molar-refractivity contribution < 1.29 is 14.3 Å². The van der Waals surface area contributed by atoms with Gasteiger partial charge in [0.25, 0.3) is 0 Å². The van der Waals surface area contributed by atoms with Crippen molar-refractivity contribution in [1.82, 2.24) is 10.2 Å². The fourth-order valence-electron chi connectivity index (χ4n) is 2.04. The average molecular weight is 264 g/mol. The summed E-state index contributed by atoms with van der Waals surface area (Å²) in [5.41, 5.74) is 0.932. The highest BCUT2D eigenvalue weighted by Gasteiger charge is 2.25. The van der Waals surface area contributed by atoms with Gasteiger partial charge < -0.3 is 19.7 Å². The Labute approximate surface area is 113 Å². The highest BCUT2D eigenvalue weighted by Crippen LogP contribution is 2.27. The van der Waals surface area contributed by atoms with E-state index in [1.807, 2.05) is 30.1 Å². The van der Waals surface area contributed by atoms with Crippen LogP contribution in [0, 0.1) is 0 Å². The second-order valence-electron chi connectivity index (χ2n) is 4.68. The summed E-state index contributed by atoms with van der Waals surface area (Å²) in [6.45, 7) is 1.77. The SMILES string of the molecule is COc1ccc(CC(=O)N(C)C2CNC2)cc1OC. The molecule has 1 aliphatic heterocycles. The van der Waals surface area contributed by atoms with Crippen LogP contribution in [0.25, 0.3) is 0 Å². The minimum Gasteiger partial charge on any atom is -0.493 e. The Bertz CT molecular complexity index is 458. The number of carbonyl (C=O) groups excluding carboxylic acids is 1. The van der Waals surface area contributed by atoms with Crippen molar-refractivity contribution in [2.24, 2.45) is 0 Å². The molecule has 1 N–H and O–H groups in total. The van der Waals surface area contributed by atoms with E-state index in [2.05, 4.69) is 5.32 Å². The number of rotatable bonds is 5. The first-order valence-electron chi connectivity index (χ1n) is 6.33. The van der Waals surface area contributed by atoms with Crippen molar-refractivity contribution in [2.45, 2.75) is 12.5 Å². The number of nitrogens with zero attached hydrogens (tertiary/aromatic N) is 1. The third-order valence-corrected chi connectivity index (χ3v) is 3.50. The Hall–Kier alpha value is -1.75. The lowest BCUT2D eigenvalue weighted by molar-refractivity contribution is -0.132. The van der Waals surface area contributed by atoms with Crippen LogP contribution in [-0.4, -0.2) is 51.2 Å².